The Morgan fingerprint density at radius 1 is 1.28 bits per heavy atom. The van der Waals surface area contributed by atoms with Crippen molar-refractivity contribution in [2.24, 2.45) is 0 Å². The molecule has 4 nitrogen and oxygen atoms in total. The van der Waals surface area contributed by atoms with E-state index in [4.69, 9.17) is 5.73 Å². The van der Waals surface area contributed by atoms with E-state index in [1.807, 2.05) is 38.1 Å². The smallest absolute Gasteiger partial charge is 0.214 e. The molecule has 1 aromatic rings. The number of nitrogens with zero attached hydrogens (tertiary/aromatic N) is 1. The number of hydrogen-bond acceptors (Lipinski definition) is 4. The Bertz CT molecular complexity index is 469. The quantitative estimate of drug-likeness (QED) is 0.642. The van der Waals surface area contributed by atoms with Gasteiger partial charge in [0.05, 0.1) is 5.75 Å². The molecule has 0 aliphatic carbocycles. The van der Waals surface area contributed by atoms with Gasteiger partial charge >= 0.3 is 0 Å². The van der Waals surface area contributed by atoms with Gasteiger partial charge < -0.3 is 5.73 Å². The van der Waals surface area contributed by atoms with Crippen LogP contribution in [-0.4, -0.2) is 37.3 Å². The predicted octanol–water partition coefficient (Wildman–Crippen LogP) is 2.03. The lowest BCUT2D eigenvalue weighted by molar-refractivity contribution is 0.411. The van der Waals surface area contributed by atoms with E-state index in [2.05, 4.69) is 0 Å². The third-order valence-corrected chi connectivity index (χ3v) is 5.95. The van der Waals surface area contributed by atoms with Gasteiger partial charge in [0.2, 0.25) is 10.0 Å². The van der Waals surface area contributed by atoms with Crippen molar-refractivity contribution in [2.75, 3.05) is 24.3 Å². The molecule has 0 aliphatic rings. The summed E-state index contributed by atoms with van der Waals surface area (Å²) in [6.07, 6.45) is 0. The summed E-state index contributed by atoms with van der Waals surface area (Å²) in [6.45, 7) is 3.73. The standard InChI is InChI=1S/C12H20N2O2S2/c1-10(2)14(3)18(15,16)9-8-17-12-6-4-11(13)5-7-12/h4-7,10H,8-9,13H2,1-3H3. The van der Waals surface area contributed by atoms with Crippen molar-refractivity contribution in [1.82, 2.24) is 4.31 Å². The highest BCUT2D eigenvalue weighted by molar-refractivity contribution is 8.00. The molecule has 6 heteroatoms. The summed E-state index contributed by atoms with van der Waals surface area (Å²) in [4.78, 5) is 1.03. The monoisotopic (exact) mass is 288 g/mol. The fourth-order valence-corrected chi connectivity index (χ4v) is 3.96. The minimum Gasteiger partial charge on any atom is -0.399 e. The molecule has 0 unspecified atom stereocenters. The van der Waals surface area contributed by atoms with E-state index in [0.717, 1.165) is 4.90 Å². The van der Waals surface area contributed by atoms with Crippen molar-refractivity contribution in [3.05, 3.63) is 24.3 Å². The topological polar surface area (TPSA) is 63.4 Å². The van der Waals surface area contributed by atoms with Gasteiger partial charge in [-0.1, -0.05) is 0 Å². The summed E-state index contributed by atoms with van der Waals surface area (Å²) in [6, 6.07) is 7.43. The number of nitrogen functional groups attached to an aromatic ring is 1. The van der Waals surface area contributed by atoms with Crippen LogP contribution in [0.4, 0.5) is 5.69 Å². The molecule has 0 spiro atoms. The highest BCUT2D eigenvalue weighted by Gasteiger charge is 2.19. The summed E-state index contributed by atoms with van der Waals surface area (Å²) in [5.74, 6) is 0.694. The van der Waals surface area contributed by atoms with Crippen LogP contribution in [0.25, 0.3) is 0 Å². The first-order valence-electron chi connectivity index (χ1n) is 5.77. The van der Waals surface area contributed by atoms with Crippen LogP contribution in [-0.2, 0) is 10.0 Å². The van der Waals surface area contributed by atoms with Crippen molar-refractivity contribution in [3.63, 3.8) is 0 Å². The number of sulfonamides is 1. The van der Waals surface area contributed by atoms with Crippen LogP contribution in [0.1, 0.15) is 13.8 Å². The number of anilines is 1. The second kappa shape index (κ2) is 6.45. The van der Waals surface area contributed by atoms with Crippen molar-refractivity contribution in [2.45, 2.75) is 24.8 Å². The fraction of sp³-hybridized carbons (Fsp3) is 0.500. The second-order valence-corrected chi connectivity index (χ2v) is 7.66. The zero-order valence-electron chi connectivity index (χ0n) is 11.0. The summed E-state index contributed by atoms with van der Waals surface area (Å²) in [5, 5.41) is 0. The van der Waals surface area contributed by atoms with E-state index >= 15 is 0 Å². The van der Waals surface area contributed by atoms with Crippen LogP contribution in [0.5, 0.6) is 0 Å². The molecule has 0 saturated heterocycles. The average molecular weight is 288 g/mol. The van der Waals surface area contributed by atoms with E-state index in [9.17, 15) is 8.42 Å². The van der Waals surface area contributed by atoms with Crippen LogP contribution < -0.4 is 5.73 Å². The zero-order valence-corrected chi connectivity index (χ0v) is 12.6. The lowest BCUT2D eigenvalue weighted by atomic mass is 10.3. The molecule has 0 fully saturated rings. The molecule has 2 N–H and O–H groups in total. The molecular formula is C12H20N2O2S2. The lowest BCUT2D eigenvalue weighted by Crippen LogP contribution is -2.35. The van der Waals surface area contributed by atoms with Crippen LogP contribution >= 0.6 is 11.8 Å². The van der Waals surface area contributed by atoms with Gasteiger partial charge in [-0.2, -0.15) is 0 Å². The molecular weight excluding hydrogens is 268 g/mol. The highest BCUT2D eigenvalue weighted by Crippen LogP contribution is 2.20. The van der Waals surface area contributed by atoms with E-state index in [1.54, 1.807) is 7.05 Å². The number of benzene rings is 1. The van der Waals surface area contributed by atoms with Crippen LogP contribution in [0.3, 0.4) is 0 Å². The molecule has 1 aromatic carbocycles. The molecule has 102 valence electrons. The van der Waals surface area contributed by atoms with E-state index in [-0.39, 0.29) is 11.8 Å². The Hall–Kier alpha value is -0.720. The minimum absolute atomic E-state index is 0.00322. The molecule has 0 amide bonds. The molecule has 0 aliphatic heterocycles. The maximum absolute atomic E-state index is 11.9. The first kappa shape index (κ1) is 15.3. The van der Waals surface area contributed by atoms with Gasteiger partial charge in [0.25, 0.3) is 0 Å². The highest BCUT2D eigenvalue weighted by atomic mass is 32.2. The number of thioether (sulfide) groups is 1. The molecule has 0 saturated carbocycles. The molecule has 18 heavy (non-hydrogen) atoms. The van der Waals surface area contributed by atoms with Crippen LogP contribution in [0.2, 0.25) is 0 Å². The summed E-state index contributed by atoms with van der Waals surface area (Å²) in [7, 11) is -1.53. The van der Waals surface area contributed by atoms with Gasteiger partial charge in [-0.05, 0) is 38.1 Å². The molecule has 0 aromatic heterocycles. The van der Waals surface area contributed by atoms with Crippen molar-refractivity contribution >= 4 is 27.5 Å². The average Bonchev–Trinajstić information content (AvgIpc) is 2.30. The number of hydrogen-bond donors (Lipinski definition) is 1. The third-order valence-electron chi connectivity index (χ3n) is 2.66. The molecule has 0 bridgehead atoms. The maximum atomic E-state index is 11.9. The minimum atomic E-state index is -3.15. The molecule has 0 radical (unpaired) electrons. The van der Waals surface area contributed by atoms with Gasteiger partial charge in [0.1, 0.15) is 0 Å². The van der Waals surface area contributed by atoms with Gasteiger partial charge in [-0.3, -0.25) is 0 Å². The summed E-state index contributed by atoms with van der Waals surface area (Å²) < 4.78 is 25.2. The Morgan fingerprint density at radius 2 is 1.83 bits per heavy atom. The summed E-state index contributed by atoms with van der Waals surface area (Å²) in [5.41, 5.74) is 6.30. The van der Waals surface area contributed by atoms with E-state index in [1.165, 1.54) is 16.1 Å². The predicted molar refractivity (Wildman–Crippen MR) is 78.3 cm³/mol. The first-order valence-corrected chi connectivity index (χ1v) is 8.36. The molecule has 1 rings (SSSR count). The SMILES string of the molecule is CC(C)N(C)S(=O)(=O)CCSc1ccc(N)cc1. The van der Waals surface area contributed by atoms with E-state index in [0.29, 0.717) is 11.4 Å². The zero-order chi connectivity index (χ0) is 13.8. The lowest BCUT2D eigenvalue weighted by Gasteiger charge is -2.20. The molecule has 0 atom stereocenters. The van der Waals surface area contributed by atoms with Crippen molar-refractivity contribution in [3.8, 4) is 0 Å². The maximum Gasteiger partial charge on any atom is 0.214 e. The Kier molecular flexibility index (Phi) is 5.49. The fourth-order valence-electron chi connectivity index (χ4n) is 1.29. The van der Waals surface area contributed by atoms with Crippen molar-refractivity contribution < 1.29 is 8.42 Å². The Balaban J connectivity index is 2.49. The van der Waals surface area contributed by atoms with Crippen molar-refractivity contribution in [1.29, 1.82) is 0 Å². The van der Waals surface area contributed by atoms with Gasteiger partial charge in [0, 0.05) is 29.4 Å². The van der Waals surface area contributed by atoms with Gasteiger partial charge in [-0.25, -0.2) is 12.7 Å². The Labute approximate surface area is 114 Å². The van der Waals surface area contributed by atoms with Gasteiger partial charge in [-0.15, -0.1) is 11.8 Å². The van der Waals surface area contributed by atoms with E-state index < -0.39 is 10.0 Å². The van der Waals surface area contributed by atoms with Crippen LogP contribution in [0.15, 0.2) is 29.2 Å². The van der Waals surface area contributed by atoms with Gasteiger partial charge in [0.15, 0.2) is 0 Å². The second-order valence-electron chi connectivity index (χ2n) is 4.34. The third kappa shape index (κ3) is 4.51. The number of rotatable bonds is 6. The van der Waals surface area contributed by atoms with Crippen LogP contribution in [0, 0.1) is 0 Å². The Morgan fingerprint density at radius 3 is 2.33 bits per heavy atom. The first-order chi connectivity index (χ1) is 8.33. The summed E-state index contributed by atoms with van der Waals surface area (Å²) >= 11 is 1.52. The molecule has 0 heterocycles. The normalized spacial score (nSPS) is 12.3. The largest absolute Gasteiger partial charge is 0.399 e. The number of nitrogens with two attached hydrogens (primary N) is 1.